The van der Waals surface area contributed by atoms with Gasteiger partial charge in [0, 0.05) is 39.4 Å². The van der Waals surface area contributed by atoms with Gasteiger partial charge in [-0.25, -0.2) is 4.39 Å². The molecule has 2 fully saturated rings. The third-order valence-electron chi connectivity index (χ3n) is 5.19. The molecule has 136 valence electrons. The van der Waals surface area contributed by atoms with Crippen LogP contribution in [0.2, 0.25) is 0 Å². The first-order valence-corrected chi connectivity index (χ1v) is 8.65. The zero-order chi connectivity index (χ0) is 17.9. The van der Waals surface area contributed by atoms with E-state index in [2.05, 4.69) is 0 Å². The molecular weight excluding hydrogens is 325 g/mol. The maximum atomic E-state index is 13.4. The summed E-state index contributed by atoms with van der Waals surface area (Å²) >= 11 is 0. The number of nitrogens with zero attached hydrogens (tertiary/aromatic N) is 2. The molecule has 7 heteroatoms. The number of hydrogen-bond donors (Lipinski definition) is 1. The minimum Gasteiger partial charge on any atom is -0.381 e. The molecule has 0 aromatic heterocycles. The lowest BCUT2D eigenvalue weighted by atomic mass is 9.73. The molecule has 0 radical (unpaired) electrons. The van der Waals surface area contributed by atoms with Crippen molar-refractivity contribution >= 4 is 11.8 Å². The predicted molar refractivity (Wildman–Crippen MR) is 90.3 cm³/mol. The van der Waals surface area contributed by atoms with Gasteiger partial charge in [-0.1, -0.05) is 12.1 Å². The second-order valence-corrected chi connectivity index (χ2v) is 6.74. The number of carbonyl (C=O) groups excluding carboxylic acids is 2. The maximum absolute atomic E-state index is 13.4. The van der Waals surface area contributed by atoms with E-state index in [1.807, 2.05) is 9.80 Å². The Morgan fingerprint density at radius 2 is 1.68 bits per heavy atom. The van der Waals surface area contributed by atoms with E-state index in [1.54, 1.807) is 12.1 Å². The molecule has 2 heterocycles. The Labute approximate surface area is 146 Å². The molecule has 1 aromatic carbocycles. The summed E-state index contributed by atoms with van der Waals surface area (Å²) in [6.45, 7) is 3.65. The lowest BCUT2D eigenvalue weighted by Crippen LogP contribution is -2.56. The number of nitrogens with two attached hydrogens (primary N) is 1. The summed E-state index contributed by atoms with van der Waals surface area (Å²) in [5.74, 6) is -0.591. The van der Waals surface area contributed by atoms with Gasteiger partial charge in [-0.2, -0.15) is 0 Å². The van der Waals surface area contributed by atoms with Crippen molar-refractivity contribution in [3.05, 3.63) is 35.6 Å². The van der Waals surface area contributed by atoms with Crippen molar-refractivity contribution < 1.29 is 18.7 Å². The summed E-state index contributed by atoms with van der Waals surface area (Å²) in [5.41, 5.74) is 5.43. The third kappa shape index (κ3) is 3.82. The van der Waals surface area contributed by atoms with E-state index in [1.165, 1.54) is 12.1 Å². The molecule has 3 rings (SSSR count). The smallest absolute Gasteiger partial charge is 0.233 e. The first-order valence-electron chi connectivity index (χ1n) is 8.65. The number of piperazine rings is 1. The highest BCUT2D eigenvalue weighted by Gasteiger charge is 2.44. The van der Waals surface area contributed by atoms with E-state index in [0.717, 1.165) is 5.56 Å². The van der Waals surface area contributed by atoms with E-state index in [-0.39, 0.29) is 24.2 Å². The van der Waals surface area contributed by atoms with E-state index in [0.29, 0.717) is 52.2 Å². The molecule has 0 atom stereocenters. The van der Waals surface area contributed by atoms with Gasteiger partial charge in [-0.15, -0.1) is 0 Å². The molecule has 0 bridgehead atoms. The Morgan fingerprint density at radius 3 is 2.24 bits per heavy atom. The minimum absolute atomic E-state index is 0.0705. The van der Waals surface area contributed by atoms with Crippen molar-refractivity contribution in [3.63, 3.8) is 0 Å². The van der Waals surface area contributed by atoms with Crippen LogP contribution in [0.4, 0.5) is 4.39 Å². The number of rotatable bonds is 4. The summed E-state index contributed by atoms with van der Waals surface area (Å²) in [7, 11) is 0. The highest BCUT2D eigenvalue weighted by Crippen LogP contribution is 2.37. The maximum Gasteiger partial charge on any atom is 0.233 e. The number of hydrogen-bond acceptors (Lipinski definition) is 4. The van der Waals surface area contributed by atoms with Crippen LogP contribution in [0.25, 0.3) is 0 Å². The lowest BCUT2D eigenvalue weighted by Gasteiger charge is -2.43. The van der Waals surface area contributed by atoms with Gasteiger partial charge in [0.25, 0.3) is 0 Å². The van der Waals surface area contributed by atoms with Crippen molar-refractivity contribution in [2.45, 2.75) is 18.3 Å². The third-order valence-corrected chi connectivity index (χ3v) is 5.19. The Balaban J connectivity index is 1.77. The van der Waals surface area contributed by atoms with Crippen LogP contribution in [-0.2, 0) is 19.7 Å². The van der Waals surface area contributed by atoms with Crippen LogP contribution in [0.5, 0.6) is 0 Å². The zero-order valence-electron chi connectivity index (χ0n) is 14.2. The molecule has 2 aliphatic heterocycles. The number of ether oxygens (including phenoxy) is 1. The first-order chi connectivity index (χ1) is 12.0. The van der Waals surface area contributed by atoms with Gasteiger partial charge in [0.2, 0.25) is 11.8 Å². The van der Waals surface area contributed by atoms with Crippen LogP contribution < -0.4 is 5.73 Å². The zero-order valence-corrected chi connectivity index (χ0v) is 14.2. The molecular formula is C18H24FN3O3. The van der Waals surface area contributed by atoms with Crippen LogP contribution in [0.1, 0.15) is 18.4 Å². The van der Waals surface area contributed by atoms with Crippen LogP contribution in [0.3, 0.4) is 0 Å². The van der Waals surface area contributed by atoms with E-state index < -0.39 is 5.41 Å². The molecule has 0 spiro atoms. The van der Waals surface area contributed by atoms with Crippen molar-refractivity contribution in [3.8, 4) is 0 Å². The molecule has 2 saturated heterocycles. The number of halogens is 1. The monoisotopic (exact) mass is 349 g/mol. The van der Waals surface area contributed by atoms with Gasteiger partial charge < -0.3 is 15.4 Å². The normalized spacial score (nSPS) is 21.1. The minimum atomic E-state index is -0.655. The second kappa shape index (κ2) is 7.49. The quantitative estimate of drug-likeness (QED) is 0.859. The van der Waals surface area contributed by atoms with Gasteiger partial charge in [-0.3, -0.25) is 14.5 Å². The van der Waals surface area contributed by atoms with Gasteiger partial charge in [-0.05, 0) is 30.5 Å². The van der Waals surface area contributed by atoms with Gasteiger partial charge in [0.15, 0.2) is 0 Å². The summed E-state index contributed by atoms with van der Waals surface area (Å²) in [4.78, 5) is 28.2. The van der Waals surface area contributed by atoms with Gasteiger partial charge in [0.05, 0.1) is 12.0 Å². The molecule has 6 nitrogen and oxygen atoms in total. The Bertz CT molecular complexity index is 621. The van der Waals surface area contributed by atoms with Gasteiger partial charge in [0.1, 0.15) is 5.82 Å². The fourth-order valence-electron chi connectivity index (χ4n) is 3.75. The largest absolute Gasteiger partial charge is 0.381 e. The SMILES string of the molecule is NC(=O)CN1CCN(C(=O)C2(c3ccc(F)cc3)CCOCC2)CC1. The van der Waals surface area contributed by atoms with Crippen LogP contribution in [0, 0.1) is 5.82 Å². The Hall–Kier alpha value is -1.99. The average Bonchev–Trinajstić information content (AvgIpc) is 2.62. The average molecular weight is 349 g/mol. The molecule has 2 N–H and O–H groups in total. The van der Waals surface area contributed by atoms with Crippen molar-refractivity contribution in [1.29, 1.82) is 0 Å². The predicted octanol–water partition coefficient (Wildman–Crippen LogP) is 0.503. The Kier molecular flexibility index (Phi) is 5.34. The fraction of sp³-hybridized carbons (Fsp3) is 0.556. The number of carbonyl (C=O) groups is 2. The highest BCUT2D eigenvalue weighted by atomic mass is 19.1. The summed E-state index contributed by atoms with van der Waals surface area (Å²) in [6.07, 6.45) is 1.19. The van der Waals surface area contributed by atoms with Crippen molar-refractivity contribution in [2.24, 2.45) is 5.73 Å². The van der Waals surface area contributed by atoms with Crippen molar-refractivity contribution in [2.75, 3.05) is 45.9 Å². The molecule has 0 aliphatic carbocycles. The second-order valence-electron chi connectivity index (χ2n) is 6.74. The van der Waals surface area contributed by atoms with Crippen LogP contribution in [-0.4, -0.2) is 67.6 Å². The summed E-state index contributed by atoms with van der Waals surface area (Å²) in [5, 5.41) is 0. The number of primary amides is 1. The molecule has 2 aliphatic rings. The summed E-state index contributed by atoms with van der Waals surface area (Å²) < 4.78 is 18.8. The number of benzene rings is 1. The van der Waals surface area contributed by atoms with E-state index in [9.17, 15) is 14.0 Å². The van der Waals surface area contributed by atoms with E-state index in [4.69, 9.17) is 10.5 Å². The van der Waals surface area contributed by atoms with E-state index >= 15 is 0 Å². The molecule has 25 heavy (non-hydrogen) atoms. The summed E-state index contributed by atoms with van der Waals surface area (Å²) in [6, 6.07) is 6.24. The lowest BCUT2D eigenvalue weighted by molar-refractivity contribution is -0.143. The van der Waals surface area contributed by atoms with Crippen molar-refractivity contribution in [1.82, 2.24) is 9.80 Å². The highest BCUT2D eigenvalue weighted by molar-refractivity contribution is 5.88. The topological polar surface area (TPSA) is 75.9 Å². The Morgan fingerprint density at radius 1 is 1.08 bits per heavy atom. The molecule has 1 aromatic rings. The molecule has 2 amide bonds. The first kappa shape index (κ1) is 17.8. The molecule has 0 unspecified atom stereocenters. The molecule has 0 saturated carbocycles. The standard InChI is InChI=1S/C18H24FN3O3/c19-15-3-1-14(2-4-15)18(5-11-25-12-6-18)17(24)22-9-7-21(8-10-22)13-16(20)23/h1-4H,5-13H2,(H2,20,23). The van der Waals surface area contributed by atoms with Crippen LogP contribution in [0.15, 0.2) is 24.3 Å². The van der Waals surface area contributed by atoms with Crippen LogP contribution >= 0.6 is 0 Å². The fourth-order valence-corrected chi connectivity index (χ4v) is 3.75. The number of amides is 2. The van der Waals surface area contributed by atoms with Gasteiger partial charge >= 0.3 is 0 Å².